The van der Waals surface area contributed by atoms with Gasteiger partial charge in [-0.25, -0.2) is 0 Å². The molecule has 1 unspecified atom stereocenters. The van der Waals surface area contributed by atoms with Crippen molar-refractivity contribution < 1.29 is 14.7 Å². The molecule has 0 spiro atoms. The van der Waals surface area contributed by atoms with Gasteiger partial charge in [0.05, 0.1) is 5.92 Å². The van der Waals surface area contributed by atoms with Crippen LogP contribution in [-0.2, 0) is 9.59 Å². The molecule has 0 saturated heterocycles. The van der Waals surface area contributed by atoms with Crippen molar-refractivity contribution in [3.05, 3.63) is 108 Å². The zero-order chi connectivity index (χ0) is 24.4. The summed E-state index contributed by atoms with van der Waals surface area (Å²) in [5.74, 6) is 0.307. The highest BCUT2D eigenvalue weighted by Gasteiger charge is 2.37. The smallest absolute Gasteiger partial charge is 0.307 e. The van der Waals surface area contributed by atoms with E-state index in [0.717, 1.165) is 18.8 Å². The maximum Gasteiger partial charge on any atom is 0.307 e. The van der Waals surface area contributed by atoms with E-state index in [4.69, 9.17) is 9.90 Å². The maximum absolute atomic E-state index is 10.8. The van der Waals surface area contributed by atoms with Crippen molar-refractivity contribution in [1.29, 1.82) is 0 Å². The lowest BCUT2D eigenvalue weighted by Crippen LogP contribution is -2.30. The molecular formula is C30H37NO3. The predicted octanol–water partition coefficient (Wildman–Crippen LogP) is 6.79. The molecular weight excluding hydrogens is 422 g/mol. The molecule has 0 radical (unpaired) electrons. The van der Waals surface area contributed by atoms with E-state index in [-0.39, 0.29) is 18.2 Å². The van der Waals surface area contributed by atoms with Crippen molar-refractivity contribution in [3.63, 3.8) is 0 Å². The van der Waals surface area contributed by atoms with E-state index < -0.39 is 5.97 Å². The highest BCUT2D eigenvalue weighted by Crippen LogP contribution is 2.42. The number of hydrogen-bond acceptors (Lipinski definition) is 2. The number of carboxylic acids is 1. The second-order valence-corrected chi connectivity index (χ2v) is 8.58. The number of primary amides is 1. The van der Waals surface area contributed by atoms with Crippen LogP contribution in [-0.4, -0.2) is 17.5 Å². The summed E-state index contributed by atoms with van der Waals surface area (Å²) in [5, 5.41) is 8.86. The largest absolute Gasteiger partial charge is 0.481 e. The van der Waals surface area contributed by atoms with Gasteiger partial charge in [0.25, 0.3) is 0 Å². The van der Waals surface area contributed by atoms with E-state index in [9.17, 15) is 4.79 Å². The molecule has 2 fully saturated rings. The standard InChI is InChI=1S/C12H16.C11H12O2.C6H6.CH3NO/c1-3-7-11(8-4-1)12-9-5-2-6-10-12;12-11(13)10-7-6-9(10)8-4-2-1-3-5-8;1-2-4-6-5-3-1;2-1-3/h1,3-4,7-8,12H,2,5-6,9-10H2;1-5,9-10H,6-7H2,(H,12,13);1-6H;1H,(H2,2,3)/t;9?,10-;;/m.1../s1. The van der Waals surface area contributed by atoms with Gasteiger partial charge in [-0.2, -0.15) is 0 Å². The Morgan fingerprint density at radius 2 is 1.09 bits per heavy atom. The average Bonchev–Trinajstić information content (AvgIpc) is 2.87. The molecule has 0 heterocycles. The van der Waals surface area contributed by atoms with E-state index in [1.54, 1.807) is 5.56 Å². The summed E-state index contributed by atoms with van der Waals surface area (Å²) in [6.45, 7) is 0. The first-order valence-electron chi connectivity index (χ1n) is 12.2. The lowest BCUT2D eigenvalue weighted by atomic mass is 9.70. The first-order chi connectivity index (χ1) is 16.7. The molecule has 2 aliphatic carbocycles. The van der Waals surface area contributed by atoms with Gasteiger partial charge in [0.2, 0.25) is 6.41 Å². The van der Waals surface area contributed by atoms with Crippen LogP contribution in [0.15, 0.2) is 97.1 Å². The zero-order valence-corrected chi connectivity index (χ0v) is 19.8. The molecule has 34 heavy (non-hydrogen) atoms. The second kappa shape index (κ2) is 16.2. The SMILES string of the molecule is NC=O.O=C(O)[C@@H]1CCC1c1ccccc1.c1ccc(C2CCCCC2)cc1.c1ccccc1. The normalized spacial score (nSPS) is 18.7. The van der Waals surface area contributed by atoms with Crippen LogP contribution in [0, 0.1) is 5.92 Å². The average molecular weight is 460 g/mol. The Hall–Kier alpha value is -3.40. The fourth-order valence-electron chi connectivity index (χ4n) is 4.44. The summed E-state index contributed by atoms with van der Waals surface area (Å²) in [6, 6.07) is 32.9. The number of aliphatic carboxylic acids is 1. The molecule has 2 aliphatic rings. The van der Waals surface area contributed by atoms with E-state index in [0.29, 0.717) is 0 Å². The van der Waals surface area contributed by atoms with Crippen molar-refractivity contribution in [2.75, 3.05) is 0 Å². The van der Waals surface area contributed by atoms with Gasteiger partial charge in [-0.1, -0.05) is 116 Å². The number of nitrogens with two attached hydrogens (primary N) is 1. The Morgan fingerprint density at radius 1 is 0.676 bits per heavy atom. The third-order valence-corrected chi connectivity index (χ3v) is 6.36. The van der Waals surface area contributed by atoms with Crippen LogP contribution in [0.25, 0.3) is 0 Å². The van der Waals surface area contributed by atoms with Crippen molar-refractivity contribution in [2.45, 2.75) is 56.8 Å². The molecule has 2 atom stereocenters. The molecule has 2 saturated carbocycles. The molecule has 180 valence electrons. The molecule has 1 amide bonds. The highest BCUT2D eigenvalue weighted by atomic mass is 16.4. The van der Waals surface area contributed by atoms with E-state index in [2.05, 4.69) is 36.1 Å². The van der Waals surface area contributed by atoms with Gasteiger partial charge in [0.1, 0.15) is 0 Å². The third kappa shape index (κ3) is 9.62. The number of hydrogen-bond donors (Lipinski definition) is 2. The molecule has 4 nitrogen and oxygen atoms in total. The van der Waals surface area contributed by atoms with Crippen LogP contribution in [0.2, 0.25) is 0 Å². The lowest BCUT2D eigenvalue weighted by molar-refractivity contribution is -0.145. The quantitative estimate of drug-likeness (QED) is 0.423. The molecule has 0 aliphatic heterocycles. The number of carbonyl (C=O) groups is 2. The molecule has 4 heteroatoms. The van der Waals surface area contributed by atoms with Gasteiger partial charge < -0.3 is 10.8 Å². The first-order valence-corrected chi connectivity index (χ1v) is 12.2. The number of carboxylic acid groups (broad SMARTS) is 1. The van der Waals surface area contributed by atoms with Crippen LogP contribution >= 0.6 is 0 Å². The molecule has 3 N–H and O–H groups in total. The predicted molar refractivity (Wildman–Crippen MR) is 139 cm³/mol. The van der Waals surface area contributed by atoms with E-state index in [1.165, 1.54) is 37.7 Å². The first kappa shape index (κ1) is 26.8. The highest BCUT2D eigenvalue weighted by molar-refractivity contribution is 5.72. The lowest BCUT2D eigenvalue weighted by Gasteiger charge is -2.33. The number of carbonyl (C=O) groups excluding carboxylic acids is 1. The summed E-state index contributed by atoms with van der Waals surface area (Å²) >= 11 is 0. The maximum atomic E-state index is 10.8. The Kier molecular flexibility index (Phi) is 12.8. The Bertz CT molecular complexity index is 883. The molecule has 3 aromatic rings. The van der Waals surface area contributed by atoms with Crippen molar-refractivity contribution in [3.8, 4) is 0 Å². The fraction of sp³-hybridized carbons (Fsp3) is 0.333. The Labute approximate surface area is 203 Å². The Morgan fingerprint density at radius 3 is 1.47 bits per heavy atom. The van der Waals surface area contributed by atoms with E-state index in [1.807, 2.05) is 66.7 Å². The van der Waals surface area contributed by atoms with Gasteiger partial charge in [0, 0.05) is 0 Å². The molecule has 3 aromatic carbocycles. The molecule has 5 rings (SSSR count). The van der Waals surface area contributed by atoms with Gasteiger partial charge in [-0.15, -0.1) is 0 Å². The van der Waals surface area contributed by atoms with Crippen molar-refractivity contribution in [1.82, 2.24) is 0 Å². The van der Waals surface area contributed by atoms with Gasteiger partial charge in [-0.3, -0.25) is 9.59 Å². The number of rotatable bonds is 3. The van der Waals surface area contributed by atoms with E-state index >= 15 is 0 Å². The third-order valence-electron chi connectivity index (χ3n) is 6.36. The number of benzene rings is 3. The summed E-state index contributed by atoms with van der Waals surface area (Å²) in [5.41, 5.74) is 6.89. The summed E-state index contributed by atoms with van der Waals surface area (Å²) in [4.78, 5) is 19.3. The molecule has 0 aromatic heterocycles. The minimum Gasteiger partial charge on any atom is -0.481 e. The summed E-state index contributed by atoms with van der Waals surface area (Å²) in [6.07, 6.45) is 9.21. The minimum atomic E-state index is -0.653. The zero-order valence-electron chi connectivity index (χ0n) is 19.8. The number of amides is 1. The summed E-state index contributed by atoms with van der Waals surface area (Å²) < 4.78 is 0. The second-order valence-electron chi connectivity index (χ2n) is 8.58. The fourth-order valence-corrected chi connectivity index (χ4v) is 4.44. The van der Waals surface area contributed by atoms with Crippen molar-refractivity contribution in [2.24, 2.45) is 11.7 Å². The van der Waals surface area contributed by atoms with Crippen LogP contribution in [0.3, 0.4) is 0 Å². The topological polar surface area (TPSA) is 80.4 Å². The minimum absolute atomic E-state index is 0.151. The van der Waals surface area contributed by atoms with Gasteiger partial charge >= 0.3 is 5.97 Å². The van der Waals surface area contributed by atoms with Gasteiger partial charge in [-0.05, 0) is 48.6 Å². The Balaban J connectivity index is 0.000000179. The monoisotopic (exact) mass is 459 g/mol. The van der Waals surface area contributed by atoms with Crippen LogP contribution in [0.5, 0.6) is 0 Å². The van der Waals surface area contributed by atoms with Crippen molar-refractivity contribution >= 4 is 12.4 Å². The van der Waals surface area contributed by atoms with Crippen LogP contribution < -0.4 is 5.73 Å². The van der Waals surface area contributed by atoms with Gasteiger partial charge in [0.15, 0.2) is 0 Å². The molecule has 0 bridgehead atoms. The van der Waals surface area contributed by atoms with Crippen LogP contribution in [0.1, 0.15) is 67.9 Å². The van der Waals surface area contributed by atoms with Crippen LogP contribution in [0.4, 0.5) is 0 Å². The summed E-state index contributed by atoms with van der Waals surface area (Å²) in [7, 11) is 0.